The van der Waals surface area contributed by atoms with Crippen LogP contribution in [0.2, 0.25) is 0 Å². The molecular weight excluding hydrogens is 163 g/mol. The van der Waals surface area contributed by atoms with Crippen LogP contribution in [0.25, 0.3) is 0 Å². The van der Waals surface area contributed by atoms with Crippen molar-refractivity contribution >= 4 is 22.9 Å². The monoisotopic (exact) mass is 167 g/mol. The first-order valence-electron chi connectivity index (χ1n) is 1.67. The molecule has 0 bridgehead atoms. The van der Waals surface area contributed by atoms with E-state index < -0.39 is 0 Å². The summed E-state index contributed by atoms with van der Waals surface area (Å²) in [7, 11) is 0. The summed E-state index contributed by atoms with van der Waals surface area (Å²) in [5.74, 6) is 0. The van der Waals surface area contributed by atoms with Gasteiger partial charge in [-0.1, -0.05) is 0 Å². The summed E-state index contributed by atoms with van der Waals surface area (Å²) in [4.78, 5) is 0. The van der Waals surface area contributed by atoms with Gasteiger partial charge in [-0.05, 0) is 0 Å². The first-order chi connectivity index (χ1) is 2.50. The van der Waals surface area contributed by atoms with Crippen LogP contribution in [0.5, 0.6) is 0 Å². The summed E-state index contributed by atoms with van der Waals surface area (Å²) in [6.45, 7) is 0. The van der Waals surface area contributed by atoms with Crippen LogP contribution in [0.1, 0.15) is 0 Å². The number of hydrogen-bond donors (Lipinski definition) is 0. The van der Waals surface area contributed by atoms with Crippen molar-refractivity contribution in [2.75, 3.05) is 0 Å². The number of allylic oxidation sites excluding steroid dienone is 2. The molecule has 0 spiro atoms. The molecule has 1 heterocycles. The van der Waals surface area contributed by atoms with Gasteiger partial charge in [0.2, 0.25) is 0 Å². The Morgan fingerprint density at radius 1 is 1.00 bits per heavy atom. The summed E-state index contributed by atoms with van der Waals surface area (Å²) >= 11 is -0.170. The third-order valence-corrected chi connectivity index (χ3v) is 3.09. The van der Waals surface area contributed by atoms with Crippen molar-refractivity contribution in [2.45, 2.75) is 0 Å². The Morgan fingerprint density at radius 3 is 1.80 bits per heavy atom. The van der Waals surface area contributed by atoms with Crippen molar-refractivity contribution in [1.29, 1.82) is 0 Å². The van der Waals surface area contributed by atoms with Crippen LogP contribution in [0.3, 0.4) is 0 Å². The molecule has 0 nitrogen and oxygen atoms in total. The average Bonchev–Trinajstić information content (AvgIpc) is 1.76. The zero-order valence-electron chi connectivity index (χ0n) is 2.89. The molecule has 0 fully saturated rings. The molecule has 1 aliphatic heterocycles. The van der Waals surface area contributed by atoms with Gasteiger partial charge in [0.05, 0.1) is 0 Å². The van der Waals surface area contributed by atoms with E-state index in [-0.39, 0.29) is 22.9 Å². The molecule has 1 rings (SSSR count). The fraction of sp³-hybridized carbons (Fsp3) is 0. The predicted molar refractivity (Wildman–Crippen MR) is 24.0 cm³/mol. The van der Waals surface area contributed by atoms with E-state index in [0.29, 0.717) is 0 Å². The molecule has 0 N–H and O–H groups in total. The molecule has 0 saturated carbocycles. The topological polar surface area (TPSA) is 0 Å². The Bertz CT molecular complexity index is 61.7. The Hall–Kier alpha value is 0.350. The molecule has 0 saturated heterocycles. The molecule has 0 aromatic heterocycles. The maximum absolute atomic E-state index is 2.32. The van der Waals surface area contributed by atoms with E-state index in [1.807, 2.05) is 0 Å². The van der Waals surface area contributed by atoms with E-state index in [4.69, 9.17) is 0 Å². The first kappa shape index (κ1) is 3.54. The van der Waals surface area contributed by atoms with Crippen LogP contribution in [-0.2, 0) is 0 Å². The van der Waals surface area contributed by atoms with Gasteiger partial charge in [-0.25, -0.2) is 0 Å². The number of rotatable bonds is 0. The van der Waals surface area contributed by atoms with Crippen molar-refractivity contribution in [2.24, 2.45) is 0 Å². The van der Waals surface area contributed by atoms with Gasteiger partial charge in [0.15, 0.2) is 0 Å². The second-order valence-electron chi connectivity index (χ2n) is 0.962. The minimum atomic E-state index is -0.170. The van der Waals surface area contributed by atoms with E-state index in [0.717, 1.165) is 0 Å². The van der Waals surface area contributed by atoms with Gasteiger partial charge in [-0.2, -0.15) is 0 Å². The zero-order chi connectivity index (χ0) is 3.54. The molecule has 0 aromatic carbocycles. The third kappa shape index (κ3) is 0.839. The van der Waals surface area contributed by atoms with Crippen LogP contribution in [-0.4, -0.2) is 22.9 Å². The summed E-state index contributed by atoms with van der Waals surface area (Å²) < 4.78 is 4.63. The third-order valence-electron chi connectivity index (χ3n) is 0.556. The quantitative estimate of drug-likeness (QED) is 0.498. The van der Waals surface area contributed by atoms with Crippen LogP contribution in [0, 0.1) is 0 Å². The average molecular weight is 167 g/mol. The molecule has 23 valence electrons. The summed E-state index contributed by atoms with van der Waals surface area (Å²) in [5.41, 5.74) is 0. The fourth-order valence-electron chi connectivity index (χ4n) is 0.321. The van der Waals surface area contributed by atoms with Crippen molar-refractivity contribution < 1.29 is 0 Å². The minimum absolute atomic E-state index is 0.170. The number of hydrogen-bond acceptors (Lipinski definition) is 0. The van der Waals surface area contributed by atoms with E-state index in [1.54, 1.807) is 0 Å². The Kier molecular flexibility index (Phi) is 1.21. The normalized spacial score (nSPS) is 16.0. The molecule has 5 heavy (non-hydrogen) atoms. The van der Waals surface area contributed by atoms with Gasteiger partial charge in [0.25, 0.3) is 0 Å². The van der Waals surface area contributed by atoms with Gasteiger partial charge in [0, 0.05) is 0 Å². The second-order valence-corrected chi connectivity index (χ2v) is 4.26. The van der Waals surface area contributed by atoms with Crippen molar-refractivity contribution in [3.05, 3.63) is 19.8 Å². The fourth-order valence-corrected chi connectivity index (χ4v) is 2.15. The van der Waals surface area contributed by atoms with Crippen LogP contribution < -0.4 is 0 Å². The van der Waals surface area contributed by atoms with E-state index >= 15 is 0 Å². The molecule has 0 unspecified atom stereocenters. The SMILES string of the molecule is C1=[CH][In][CH]=C1. The van der Waals surface area contributed by atoms with E-state index in [1.165, 1.54) is 0 Å². The molecule has 1 heteroatoms. The van der Waals surface area contributed by atoms with Gasteiger partial charge in [-0.3, -0.25) is 0 Å². The van der Waals surface area contributed by atoms with Crippen LogP contribution >= 0.6 is 0 Å². The van der Waals surface area contributed by atoms with Crippen LogP contribution in [0.15, 0.2) is 19.8 Å². The molecule has 0 aromatic rings. The molecule has 0 aliphatic carbocycles. The van der Waals surface area contributed by atoms with Gasteiger partial charge >= 0.3 is 42.7 Å². The predicted octanol–water partition coefficient (Wildman–Crippen LogP) is 0.732. The van der Waals surface area contributed by atoms with Crippen molar-refractivity contribution in [1.82, 2.24) is 0 Å². The van der Waals surface area contributed by atoms with Crippen LogP contribution in [0.4, 0.5) is 0 Å². The summed E-state index contributed by atoms with van der Waals surface area (Å²) in [6.07, 6.45) is 4.28. The van der Waals surface area contributed by atoms with E-state index in [9.17, 15) is 0 Å². The Morgan fingerprint density at radius 2 is 1.60 bits per heavy atom. The van der Waals surface area contributed by atoms with E-state index in [2.05, 4.69) is 19.8 Å². The van der Waals surface area contributed by atoms with Gasteiger partial charge < -0.3 is 0 Å². The van der Waals surface area contributed by atoms with Crippen molar-refractivity contribution in [3.63, 3.8) is 0 Å². The molecule has 1 radical (unpaired) electrons. The summed E-state index contributed by atoms with van der Waals surface area (Å²) in [5, 5.41) is 0. The molecule has 0 atom stereocenters. The van der Waals surface area contributed by atoms with Gasteiger partial charge in [0.1, 0.15) is 0 Å². The standard InChI is InChI=1S/C4H4.In/c1-3-4-2;/h1-4H;. The molecule has 0 amide bonds. The Labute approximate surface area is 42.9 Å². The molecular formula is C4H4In. The van der Waals surface area contributed by atoms with Gasteiger partial charge in [-0.15, -0.1) is 0 Å². The zero-order valence-corrected chi connectivity index (χ0v) is 6.18. The second kappa shape index (κ2) is 1.71. The maximum atomic E-state index is 2.32. The first-order valence-corrected chi connectivity index (χ1v) is 5.47. The van der Waals surface area contributed by atoms with Crippen molar-refractivity contribution in [3.8, 4) is 0 Å². The Balaban J connectivity index is 2.61. The molecule has 1 aliphatic rings. The summed E-state index contributed by atoms with van der Waals surface area (Å²) in [6, 6.07) is 0.